The Hall–Kier alpha value is -3.28. The van der Waals surface area contributed by atoms with Gasteiger partial charge in [0.05, 0.1) is 12.8 Å². The molecule has 0 aliphatic heterocycles. The van der Waals surface area contributed by atoms with E-state index >= 15 is 0 Å². The van der Waals surface area contributed by atoms with Crippen LogP contribution in [0.5, 0.6) is 0 Å². The van der Waals surface area contributed by atoms with Crippen molar-refractivity contribution < 1.29 is 14.0 Å². The molecule has 6 nitrogen and oxygen atoms in total. The van der Waals surface area contributed by atoms with E-state index in [1.807, 2.05) is 43.0 Å². The summed E-state index contributed by atoms with van der Waals surface area (Å²) in [7, 11) is 0. The van der Waals surface area contributed by atoms with Crippen molar-refractivity contribution in [1.29, 1.82) is 0 Å². The minimum atomic E-state index is -0.246. The Morgan fingerprint density at radius 3 is 2.44 bits per heavy atom. The lowest BCUT2D eigenvalue weighted by Gasteiger charge is -2.36. The van der Waals surface area contributed by atoms with E-state index in [-0.39, 0.29) is 36.2 Å². The highest BCUT2D eigenvalue weighted by Crippen LogP contribution is 2.25. The van der Waals surface area contributed by atoms with Gasteiger partial charge in [0.25, 0.3) is 5.91 Å². The van der Waals surface area contributed by atoms with Crippen molar-refractivity contribution in [3.05, 3.63) is 84.1 Å². The number of carbonyl (C=O) groups excluding carboxylic acids is 2. The first-order valence-electron chi connectivity index (χ1n) is 12.3. The largest absolute Gasteiger partial charge is 0.459 e. The summed E-state index contributed by atoms with van der Waals surface area (Å²) in [5.41, 5.74) is 2.33. The lowest BCUT2D eigenvalue weighted by atomic mass is 9.94. The predicted octanol–water partition coefficient (Wildman–Crippen LogP) is 5.34. The molecular weight excluding hydrogens is 426 g/mol. The maximum Gasteiger partial charge on any atom is 0.290 e. The van der Waals surface area contributed by atoms with E-state index in [0.717, 1.165) is 37.9 Å². The SMILES string of the molecule is CC(C)N(CC(=O)N(Cc1cccn1Cc1ccccc1)C1CCCCC1)C(=O)c1ccco1. The van der Waals surface area contributed by atoms with E-state index in [0.29, 0.717) is 6.54 Å². The second kappa shape index (κ2) is 11.2. The van der Waals surface area contributed by atoms with Crippen molar-refractivity contribution in [2.45, 2.75) is 71.1 Å². The van der Waals surface area contributed by atoms with Gasteiger partial charge in [0.1, 0.15) is 6.54 Å². The van der Waals surface area contributed by atoms with Crippen LogP contribution < -0.4 is 0 Å². The molecule has 0 bridgehead atoms. The summed E-state index contributed by atoms with van der Waals surface area (Å²) >= 11 is 0. The molecule has 0 N–H and O–H groups in total. The average Bonchev–Trinajstić information content (AvgIpc) is 3.54. The van der Waals surface area contributed by atoms with E-state index in [2.05, 4.69) is 29.0 Å². The van der Waals surface area contributed by atoms with Gasteiger partial charge in [-0.25, -0.2) is 0 Å². The maximum atomic E-state index is 13.7. The molecule has 4 rings (SSSR count). The Labute approximate surface area is 202 Å². The molecule has 1 aliphatic rings. The molecule has 2 heterocycles. The quantitative estimate of drug-likeness (QED) is 0.432. The van der Waals surface area contributed by atoms with Crippen LogP contribution in [0, 0.1) is 0 Å². The van der Waals surface area contributed by atoms with E-state index in [4.69, 9.17) is 4.42 Å². The second-order valence-corrected chi connectivity index (χ2v) is 9.43. The van der Waals surface area contributed by atoms with E-state index < -0.39 is 0 Å². The first-order valence-corrected chi connectivity index (χ1v) is 12.3. The van der Waals surface area contributed by atoms with Gasteiger partial charge >= 0.3 is 0 Å². The number of rotatable bonds is 9. The number of aromatic nitrogens is 1. The van der Waals surface area contributed by atoms with Gasteiger partial charge in [0.2, 0.25) is 5.91 Å². The van der Waals surface area contributed by atoms with Crippen molar-refractivity contribution >= 4 is 11.8 Å². The van der Waals surface area contributed by atoms with E-state index in [1.54, 1.807) is 17.0 Å². The number of carbonyl (C=O) groups is 2. The molecule has 2 aromatic heterocycles. The first-order chi connectivity index (χ1) is 16.5. The normalized spacial score (nSPS) is 14.3. The van der Waals surface area contributed by atoms with Crippen LogP contribution in [-0.2, 0) is 17.9 Å². The third-order valence-electron chi connectivity index (χ3n) is 6.71. The molecule has 0 radical (unpaired) electrons. The molecule has 1 aromatic carbocycles. The van der Waals surface area contributed by atoms with Crippen LogP contribution in [0.1, 0.15) is 67.8 Å². The van der Waals surface area contributed by atoms with Crippen LogP contribution in [-0.4, -0.2) is 44.8 Å². The predicted molar refractivity (Wildman–Crippen MR) is 132 cm³/mol. The Morgan fingerprint density at radius 1 is 1.00 bits per heavy atom. The molecule has 0 atom stereocenters. The van der Waals surface area contributed by atoms with Crippen LogP contribution >= 0.6 is 0 Å². The number of benzene rings is 1. The van der Waals surface area contributed by atoms with Crippen LogP contribution in [0.3, 0.4) is 0 Å². The molecule has 1 aliphatic carbocycles. The van der Waals surface area contributed by atoms with Crippen molar-refractivity contribution in [2.75, 3.05) is 6.54 Å². The van der Waals surface area contributed by atoms with E-state index in [9.17, 15) is 9.59 Å². The lowest BCUT2D eigenvalue weighted by molar-refractivity contribution is -0.136. The first kappa shape index (κ1) is 23.9. The third-order valence-corrected chi connectivity index (χ3v) is 6.71. The summed E-state index contributed by atoms with van der Waals surface area (Å²) in [6.45, 7) is 5.23. The zero-order valence-corrected chi connectivity index (χ0v) is 20.2. The molecule has 0 spiro atoms. The molecule has 3 aromatic rings. The van der Waals surface area contributed by atoms with Crippen LogP contribution in [0.2, 0.25) is 0 Å². The van der Waals surface area contributed by atoms with Crippen LogP contribution in [0.15, 0.2) is 71.5 Å². The van der Waals surface area contributed by atoms with Crippen molar-refractivity contribution in [2.24, 2.45) is 0 Å². The Morgan fingerprint density at radius 2 is 1.76 bits per heavy atom. The fourth-order valence-electron chi connectivity index (χ4n) is 4.78. The van der Waals surface area contributed by atoms with Gasteiger partial charge in [-0.05, 0) is 56.5 Å². The summed E-state index contributed by atoms with van der Waals surface area (Å²) in [5, 5.41) is 0. The highest BCUT2D eigenvalue weighted by Gasteiger charge is 2.30. The third kappa shape index (κ3) is 5.79. The number of hydrogen-bond acceptors (Lipinski definition) is 3. The van der Waals surface area contributed by atoms with Crippen molar-refractivity contribution in [1.82, 2.24) is 14.4 Å². The molecule has 180 valence electrons. The number of amides is 2. The zero-order valence-electron chi connectivity index (χ0n) is 20.2. The molecular formula is C28H35N3O3. The smallest absolute Gasteiger partial charge is 0.290 e. The molecule has 2 amide bonds. The minimum absolute atomic E-state index is 0.00651. The summed E-state index contributed by atoms with van der Waals surface area (Å²) in [4.78, 5) is 30.4. The maximum absolute atomic E-state index is 13.7. The van der Waals surface area contributed by atoms with Gasteiger partial charge in [-0.2, -0.15) is 0 Å². The second-order valence-electron chi connectivity index (χ2n) is 9.43. The Bertz CT molecular complexity index is 1050. The number of hydrogen-bond donors (Lipinski definition) is 0. The van der Waals surface area contributed by atoms with Gasteiger partial charge in [-0.15, -0.1) is 0 Å². The topological polar surface area (TPSA) is 58.7 Å². The van der Waals surface area contributed by atoms with Crippen LogP contribution in [0.25, 0.3) is 0 Å². The minimum Gasteiger partial charge on any atom is -0.459 e. The molecule has 0 saturated heterocycles. The molecule has 1 fully saturated rings. The number of furan rings is 1. The fraction of sp³-hybridized carbons (Fsp3) is 0.429. The van der Waals surface area contributed by atoms with Gasteiger partial charge < -0.3 is 18.8 Å². The van der Waals surface area contributed by atoms with Crippen molar-refractivity contribution in [3.63, 3.8) is 0 Å². The molecule has 1 saturated carbocycles. The Kier molecular flexibility index (Phi) is 7.88. The van der Waals surface area contributed by atoms with Gasteiger partial charge in [-0.1, -0.05) is 49.6 Å². The molecule has 6 heteroatoms. The van der Waals surface area contributed by atoms with Gasteiger partial charge in [0, 0.05) is 30.5 Å². The summed E-state index contributed by atoms with van der Waals surface area (Å²) in [6.07, 6.45) is 9.09. The molecule has 0 unspecified atom stereocenters. The highest BCUT2D eigenvalue weighted by molar-refractivity contribution is 5.94. The summed E-state index contributed by atoms with van der Waals surface area (Å²) in [6, 6.07) is 17.9. The molecule has 34 heavy (non-hydrogen) atoms. The van der Waals surface area contributed by atoms with E-state index in [1.165, 1.54) is 18.2 Å². The summed E-state index contributed by atoms with van der Waals surface area (Å²) in [5.74, 6) is 0.0137. The van der Waals surface area contributed by atoms with Crippen molar-refractivity contribution in [3.8, 4) is 0 Å². The standard InChI is InChI=1S/C28H35N3O3/c1-22(2)30(28(33)26-16-10-18-34-26)21-27(32)31(24-13-7-4-8-14-24)20-25-15-9-17-29(25)19-23-11-5-3-6-12-23/h3,5-6,9-12,15-18,22,24H,4,7-8,13-14,19-21H2,1-2H3. The zero-order chi connectivity index (χ0) is 23.9. The number of nitrogens with zero attached hydrogens (tertiary/aromatic N) is 3. The highest BCUT2D eigenvalue weighted by atomic mass is 16.3. The lowest BCUT2D eigenvalue weighted by Crippen LogP contribution is -2.49. The van der Waals surface area contributed by atoms with Crippen LogP contribution in [0.4, 0.5) is 0 Å². The van der Waals surface area contributed by atoms with Gasteiger partial charge in [0.15, 0.2) is 5.76 Å². The fourth-order valence-corrected chi connectivity index (χ4v) is 4.78. The Balaban J connectivity index is 1.54. The van der Waals surface area contributed by atoms with Gasteiger partial charge in [-0.3, -0.25) is 9.59 Å². The summed E-state index contributed by atoms with van der Waals surface area (Å²) < 4.78 is 7.54. The monoisotopic (exact) mass is 461 g/mol. The average molecular weight is 462 g/mol.